The van der Waals surface area contributed by atoms with Crippen LogP contribution in [0.4, 0.5) is 17.1 Å². The van der Waals surface area contributed by atoms with E-state index in [1.165, 1.54) is 6.26 Å². The zero-order valence-electron chi connectivity index (χ0n) is 53.3. The van der Waals surface area contributed by atoms with Gasteiger partial charge in [-0.25, -0.2) is 29.3 Å². The molecule has 3 fully saturated rings. The number of benzene rings is 3. The van der Waals surface area contributed by atoms with Crippen molar-refractivity contribution in [3.63, 3.8) is 0 Å². The molecule has 0 aliphatic carbocycles. The van der Waals surface area contributed by atoms with E-state index in [0.29, 0.717) is 88.8 Å². The van der Waals surface area contributed by atoms with Crippen LogP contribution >= 0.6 is 91.6 Å². The van der Waals surface area contributed by atoms with Crippen molar-refractivity contribution in [2.45, 2.75) is 20.5 Å². The number of aromatic amines is 1. The van der Waals surface area contributed by atoms with Gasteiger partial charge in [-0.15, -0.1) is 11.6 Å². The van der Waals surface area contributed by atoms with Gasteiger partial charge in [0.25, 0.3) is 6.47 Å². The maximum Gasteiger partial charge on any atom is 1.00 e. The average Bonchev–Trinajstić information content (AvgIpc) is 1.67. The number of nitrogens with one attached hydrogen (secondary N) is 1. The van der Waals surface area contributed by atoms with E-state index in [2.05, 4.69) is 105 Å². The number of pyridine rings is 3. The van der Waals surface area contributed by atoms with Crippen LogP contribution in [0, 0.1) is 7.40 Å². The molecule has 0 saturated carbocycles. The molecule has 0 unspecified atom stereocenters. The Hall–Kier alpha value is -4.74. The predicted molar refractivity (Wildman–Crippen MR) is 376 cm³/mol. The predicted octanol–water partition coefficient (Wildman–Crippen LogP) is 3.13. The molecule has 3 aliphatic rings. The van der Waals surface area contributed by atoms with E-state index in [1.807, 2.05) is 101 Å². The monoisotopic (exact) mass is 1670 g/mol. The number of hydrogen-bond acceptors (Lipinski definition) is 20. The molecule has 0 bridgehead atoms. The first-order valence-corrected chi connectivity index (χ1v) is 32.5. The number of methoxy groups -OCH3 is 3. The van der Waals surface area contributed by atoms with Crippen LogP contribution in [0.2, 0.25) is 15.1 Å². The Morgan fingerprint density at radius 2 is 0.990 bits per heavy atom. The van der Waals surface area contributed by atoms with Crippen molar-refractivity contribution in [2.24, 2.45) is 0 Å². The van der Waals surface area contributed by atoms with E-state index in [4.69, 9.17) is 75.1 Å². The molecule has 3 aromatic carbocycles. The topological polar surface area (TPSA) is 277 Å². The molecular weight excluding hydrogens is 1600 g/mol. The minimum Gasteiger partial charge on any atom is -1.00 e. The number of carbonyl (C=O) groups is 4. The number of hydrogen-bond donors (Lipinski definition) is 1. The summed E-state index contributed by atoms with van der Waals surface area (Å²) in [5.41, 5.74) is 5.85. The second-order valence-electron chi connectivity index (χ2n) is 20.3. The third kappa shape index (κ3) is 20.9. The number of ether oxygens (including phenoxy) is 3. The molecule has 10 heterocycles. The SMILES string of the molecule is C.COc1cc(N2CCN(C(=O)CCl)CC2)ccc1Cl.COc1cc(N2CCN(C(=O)Cn3nc(-c4ncco4)c4cccnc43)CC2)ccc1Cl.COc1cc(N2CCN(C(=O)Cn3nc(I)c4cccnc43)CC2)ccc1Cl.Ic1[nH]nc2ncccc12.O=CO[O-].[H-].[K+].[K+]. The van der Waals surface area contributed by atoms with E-state index < -0.39 is 0 Å². The number of carbonyl (C=O) groups excluding carboxylic acids is 4. The van der Waals surface area contributed by atoms with Crippen molar-refractivity contribution in [3.8, 4) is 28.8 Å². The summed E-state index contributed by atoms with van der Waals surface area (Å²) in [6.45, 7) is 8.57. The summed E-state index contributed by atoms with van der Waals surface area (Å²) in [6.07, 6.45) is 8.21. The molecule has 498 valence electrons. The molecule has 34 heteroatoms. The second kappa shape index (κ2) is 39.9. The fraction of sp³-hybridized carbons (Fsp3) is 0.306. The van der Waals surface area contributed by atoms with Crippen molar-refractivity contribution in [3.05, 3.63) is 145 Å². The third-order valence-corrected chi connectivity index (χ3v) is 17.8. The number of anilines is 3. The van der Waals surface area contributed by atoms with Gasteiger partial charge in [0.15, 0.2) is 22.6 Å². The van der Waals surface area contributed by atoms with Crippen molar-refractivity contribution < 1.29 is 152 Å². The van der Waals surface area contributed by atoms with Gasteiger partial charge in [0.05, 0.1) is 58.8 Å². The fourth-order valence-corrected chi connectivity index (χ4v) is 12.2. The Balaban J connectivity index is 0.000000239. The van der Waals surface area contributed by atoms with Gasteiger partial charge in [0, 0.05) is 132 Å². The minimum atomic E-state index is -0.181. The van der Waals surface area contributed by atoms with Gasteiger partial charge >= 0.3 is 103 Å². The van der Waals surface area contributed by atoms with E-state index >= 15 is 0 Å². The van der Waals surface area contributed by atoms with Crippen molar-refractivity contribution in [1.29, 1.82) is 0 Å². The normalized spacial score (nSPS) is 13.4. The van der Waals surface area contributed by atoms with E-state index in [9.17, 15) is 14.4 Å². The number of alkyl halides is 1. The van der Waals surface area contributed by atoms with Crippen molar-refractivity contribution in [2.75, 3.05) is 120 Å². The van der Waals surface area contributed by atoms with E-state index in [-0.39, 0.29) is 155 Å². The number of fused-ring (bicyclic) bond motifs is 3. The van der Waals surface area contributed by atoms with E-state index in [1.54, 1.807) is 60.4 Å². The summed E-state index contributed by atoms with van der Waals surface area (Å²) in [4.78, 5) is 77.8. The molecular formula is C62H66Cl4I2K2N16O10. The molecule has 1 N–H and O–H groups in total. The summed E-state index contributed by atoms with van der Waals surface area (Å²) in [7, 11) is 4.81. The van der Waals surface area contributed by atoms with Crippen LogP contribution < -0.4 is 137 Å². The number of oxazole rings is 1. The van der Waals surface area contributed by atoms with Crippen molar-refractivity contribution >= 4 is 166 Å². The van der Waals surface area contributed by atoms with Gasteiger partial charge in [-0.2, -0.15) is 15.3 Å². The van der Waals surface area contributed by atoms with Gasteiger partial charge < -0.3 is 59.6 Å². The van der Waals surface area contributed by atoms with Crippen LogP contribution in [0.3, 0.4) is 0 Å². The second-order valence-corrected chi connectivity index (χ2v) is 23.9. The number of nitrogens with zero attached hydrogens (tertiary/aromatic N) is 15. The Morgan fingerprint density at radius 3 is 1.40 bits per heavy atom. The molecule has 10 aromatic rings. The maximum absolute atomic E-state index is 13.0. The van der Waals surface area contributed by atoms with E-state index in [0.717, 1.165) is 91.2 Å². The van der Waals surface area contributed by atoms with Crippen LogP contribution in [-0.2, 0) is 37.2 Å². The Labute approximate surface area is 687 Å². The number of aromatic nitrogens is 10. The zero-order valence-corrected chi connectivity index (χ0v) is 65.9. The Kier molecular flexibility index (Phi) is 33.3. The molecule has 3 saturated heterocycles. The van der Waals surface area contributed by atoms with Crippen LogP contribution in [-0.4, -0.2) is 194 Å². The first-order chi connectivity index (χ1) is 45.1. The Morgan fingerprint density at radius 1 is 0.583 bits per heavy atom. The molecule has 26 nitrogen and oxygen atoms in total. The van der Waals surface area contributed by atoms with Gasteiger partial charge in [-0.1, -0.05) is 42.2 Å². The number of halogens is 6. The summed E-state index contributed by atoms with van der Waals surface area (Å²) in [6, 6.07) is 28.6. The quantitative estimate of drug-likeness (QED) is 0.0433. The largest absolute Gasteiger partial charge is 1.00 e. The molecule has 13 rings (SSSR count). The molecule has 0 radical (unpaired) electrons. The zero-order chi connectivity index (χ0) is 66.0. The first kappa shape index (κ1) is 80.2. The minimum absolute atomic E-state index is 0. The van der Waals surface area contributed by atoms with Crippen LogP contribution in [0.1, 0.15) is 8.85 Å². The smallest absolute Gasteiger partial charge is 1.00 e. The summed E-state index contributed by atoms with van der Waals surface area (Å²) in [5, 5.41) is 28.9. The molecule has 3 amide bonds. The van der Waals surface area contributed by atoms with Gasteiger partial charge in [0.2, 0.25) is 23.6 Å². The third-order valence-electron chi connectivity index (χ3n) is 15.0. The molecule has 3 aliphatic heterocycles. The van der Waals surface area contributed by atoms with Gasteiger partial charge in [-0.3, -0.25) is 24.3 Å². The molecule has 7 aromatic heterocycles. The number of rotatable bonds is 13. The van der Waals surface area contributed by atoms with Gasteiger partial charge in [0.1, 0.15) is 49.9 Å². The number of piperazine rings is 3. The number of H-pyrrole nitrogens is 1. The fourth-order valence-electron chi connectivity index (χ4n) is 10.2. The van der Waals surface area contributed by atoms with Crippen LogP contribution in [0.25, 0.3) is 44.7 Å². The van der Waals surface area contributed by atoms with Crippen LogP contribution in [0.5, 0.6) is 17.2 Å². The molecule has 96 heavy (non-hydrogen) atoms. The van der Waals surface area contributed by atoms with Gasteiger partial charge in [-0.05, 0) is 118 Å². The van der Waals surface area contributed by atoms with Crippen LogP contribution in [0.15, 0.2) is 126 Å². The molecule has 0 spiro atoms. The summed E-state index contributed by atoms with van der Waals surface area (Å²) in [5.74, 6) is 2.46. The van der Waals surface area contributed by atoms with Crippen molar-refractivity contribution in [1.82, 2.24) is 64.4 Å². The Bertz CT molecular complexity index is 4170. The first-order valence-electron chi connectivity index (χ1n) is 28.7. The average molecular weight is 1670 g/mol. The number of amides is 3. The summed E-state index contributed by atoms with van der Waals surface area (Å²) >= 11 is 28.2. The standard InChI is InChI=1S/C22H21ClN6O3.C19H19ClIN5O2.C13H16Cl2N2O2.C6H4IN3.CH2O3.CH4.2K.H/c1-31-18-13-15(4-5-17(18)23)27-8-10-28(11-9-27)19(30)14-29-21-16(3-2-6-24-21)20(26-29)22-25-7-12-32-22;1-28-16-11-13(4-5-15(16)20)24-7-9-25(10-8-24)17(27)12-26-19-14(18(21)23-26)3-2-6-22-19;1-19-12-8-10(2-3-11(12)15)16-4-6-17(7-5-16)13(18)9-14;7-5-4-2-1-3-8-6(4)10-9-5;2-1-4-3;;;;/h2-7,12-13H,8-11,14H2,1H3;2-6,11H,7-10,12H2,1H3;2-3,8H,4-7,9H2,1H3;1-3H,(H,8,9,10);1,3H;1H4;;;/q;;;;;;2*+1;-1/p-1. The summed E-state index contributed by atoms with van der Waals surface area (Å²) < 4.78 is 26.4. The maximum atomic E-state index is 13.0. The molecule has 0 atom stereocenters.